The smallest absolute Gasteiger partial charge is 0.253 e. The number of hydrogen-bond donors (Lipinski definition) is 1. The molecule has 0 unspecified atom stereocenters. The lowest BCUT2D eigenvalue weighted by molar-refractivity contribution is 0.597. The average molecular weight is 221 g/mol. The molecule has 0 spiro atoms. The van der Waals surface area contributed by atoms with Crippen molar-refractivity contribution in [2.75, 3.05) is 6.54 Å². The van der Waals surface area contributed by atoms with Crippen LogP contribution in [-0.2, 0) is 6.54 Å². The molecule has 0 atom stereocenters. The van der Waals surface area contributed by atoms with Crippen LogP contribution in [0.2, 0.25) is 0 Å². The van der Waals surface area contributed by atoms with E-state index in [1.807, 2.05) is 0 Å². The van der Waals surface area contributed by atoms with E-state index >= 15 is 0 Å². The van der Waals surface area contributed by atoms with Crippen LogP contribution in [0.25, 0.3) is 0 Å². The summed E-state index contributed by atoms with van der Waals surface area (Å²) in [6.07, 6.45) is 1.57. The number of aromatic nitrogens is 2. The molecule has 1 heterocycles. The second-order valence-electron chi connectivity index (χ2n) is 4.28. The topological polar surface area (TPSA) is 46.9 Å². The predicted octanol–water partition coefficient (Wildman–Crippen LogP) is 1.11. The van der Waals surface area contributed by atoms with Gasteiger partial charge in [-0.3, -0.25) is 9.36 Å². The van der Waals surface area contributed by atoms with Gasteiger partial charge in [-0.1, -0.05) is 20.4 Å². The molecule has 0 saturated heterocycles. The van der Waals surface area contributed by atoms with Gasteiger partial charge in [0, 0.05) is 30.9 Å². The van der Waals surface area contributed by atoms with Gasteiger partial charge >= 0.3 is 0 Å². The first kappa shape index (κ1) is 12.6. The van der Waals surface area contributed by atoms with E-state index in [9.17, 15) is 4.79 Å². The third-order valence-electron chi connectivity index (χ3n) is 2.17. The summed E-state index contributed by atoms with van der Waals surface area (Å²) in [5.41, 5.74) is 1.69. The van der Waals surface area contributed by atoms with Crippen molar-refractivity contribution in [2.24, 2.45) is 0 Å². The van der Waals surface area contributed by atoms with E-state index < -0.39 is 0 Å². The van der Waals surface area contributed by atoms with Crippen LogP contribution in [-0.4, -0.2) is 22.1 Å². The Morgan fingerprint density at radius 2 is 2.31 bits per heavy atom. The normalized spacial score (nSPS) is 10.8. The summed E-state index contributed by atoms with van der Waals surface area (Å²) in [4.78, 5) is 15.7. The molecule has 4 nitrogen and oxygen atoms in total. The Hall–Kier alpha value is -1.42. The van der Waals surface area contributed by atoms with E-state index in [0.29, 0.717) is 12.6 Å². The molecule has 1 rings (SSSR count). The van der Waals surface area contributed by atoms with Gasteiger partial charge in [0.2, 0.25) is 0 Å². The summed E-state index contributed by atoms with van der Waals surface area (Å²) in [6, 6.07) is 1.95. The van der Waals surface area contributed by atoms with Gasteiger partial charge in [-0.15, -0.1) is 0 Å². The van der Waals surface area contributed by atoms with Crippen molar-refractivity contribution in [2.45, 2.75) is 33.4 Å². The van der Waals surface area contributed by atoms with Gasteiger partial charge in [-0.25, -0.2) is 4.98 Å². The largest absolute Gasteiger partial charge is 0.311 e. The van der Waals surface area contributed by atoms with Crippen molar-refractivity contribution in [3.63, 3.8) is 0 Å². The molecule has 0 bridgehead atoms. The fourth-order valence-electron chi connectivity index (χ4n) is 1.28. The van der Waals surface area contributed by atoms with E-state index in [4.69, 9.17) is 0 Å². The van der Waals surface area contributed by atoms with Crippen LogP contribution >= 0.6 is 0 Å². The number of hydrogen-bond acceptors (Lipinski definition) is 3. The highest BCUT2D eigenvalue weighted by atomic mass is 16.1. The quantitative estimate of drug-likeness (QED) is 0.758. The Morgan fingerprint density at radius 3 is 2.88 bits per heavy atom. The van der Waals surface area contributed by atoms with Crippen molar-refractivity contribution < 1.29 is 0 Å². The number of rotatable bonds is 5. The molecule has 0 aliphatic carbocycles. The second-order valence-corrected chi connectivity index (χ2v) is 4.28. The van der Waals surface area contributed by atoms with Crippen LogP contribution in [0.5, 0.6) is 0 Å². The Bertz CT molecular complexity index is 421. The van der Waals surface area contributed by atoms with Crippen molar-refractivity contribution in [1.29, 1.82) is 0 Å². The Kier molecular flexibility index (Phi) is 4.43. The third kappa shape index (κ3) is 3.98. The van der Waals surface area contributed by atoms with Gasteiger partial charge in [0.25, 0.3) is 5.56 Å². The Balaban J connectivity index is 2.60. The third-order valence-corrected chi connectivity index (χ3v) is 2.17. The van der Waals surface area contributed by atoms with Crippen molar-refractivity contribution in [3.05, 3.63) is 40.6 Å². The van der Waals surface area contributed by atoms with Crippen molar-refractivity contribution >= 4 is 0 Å². The van der Waals surface area contributed by atoms with Crippen LogP contribution in [0.4, 0.5) is 0 Å². The fraction of sp³-hybridized carbons (Fsp3) is 0.500. The average Bonchev–Trinajstić information content (AvgIpc) is 2.19. The molecule has 0 saturated carbocycles. The van der Waals surface area contributed by atoms with Gasteiger partial charge in [0.15, 0.2) is 0 Å². The molecule has 1 N–H and O–H groups in total. The van der Waals surface area contributed by atoms with E-state index in [-0.39, 0.29) is 5.56 Å². The molecular weight excluding hydrogens is 202 g/mol. The summed E-state index contributed by atoms with van der Waals surface area (Å²) < 4.78 is 1.57. The van der Waals surface area contributed by atoms with E-state index in [1.54, 1.807) is 17.8 Å². The first-order valence-electron chi connectivity index (χ1n) is 5.42. The van der Waals surface area contributed by atoms with Gasteiger partial charge in [0.1, 0.15) is 0 Å². The van der Waals surface area contributed by atoms with Crippen LogP contribution in [0, 0.1) is 6.92 Å². The minimum Gasteiger partial charge on any atom is -0.311 e. The molecule has 0 aliphatic rings. The zero-order valence-electron chi connectivity index (χ0n) is 10.2. The monoisotopic (exact) mass is 221 g/mol. The lowest BCUT2D eigenvalue weighted by Crippen LogP contribution is -2.28. The van der Waals surface area contributed by atoms with Gasteiger partial charge in [0.05, 0.1) is 6.33 Å². The summed E-state index contributed by atoms with van der Waals surface area (Å²) in [5.74, 6) is 0. The molecule has 1 aromatic rings. The number of nitrogens with zero attached hydrogens (tertiary/aromatic N) is 2. The lowest BCUT2D eigenvalue weighted by Gasteiger charge is -2.11. The van der Waals surface area contributed by atoms with Gasteiger partial charge in [-0.05, 0) is 12.5 Å². The lowest BCUT2D eigenvalue weighted by atomic mass is 10.2. The minimum atomic E-state index is -0.0294. The summed E-state index contributed by atoms with van der Waals surface area (Å²) in [6.45, 7) is 11.1. The molecule has 0 fully saturated rings. The maximum absolute atomic E-state index is 11.6. The zero-order valence-corrected chi connectivity index (χ0v) is 10.2. The van der Waals surface area contributed by atoms with E-state index in [1.165, 1.54) is 6.07 Å². The molecule has 4 heteroatoms. The maximum Gasteiger partial charge on any atom is 0.253 e. The van der Waals surface area contributed by atoms with E-state index in [2.05, 4.69) is 30.7 Å². The molecule has 16 heavy (non-hydrogen) atoms. The second kappa shape index (κ2) is 5.61. The standard InChI is InChI=1S/C12H19N3O/c1-9(2)13-6-10(3)7-15-8-14-11(4)5-12(15)16/h5,8-9,13H,3,6-7H2,1-2,4H3. The fourth-order valence-corrected chi connectivity index (χ4v) is 1.28. The molecule has 88 valence electrons. The highest BCUT2D eigenvalue weighted by Crippen LogP contribution is 1.94. The maximum atomic E-state index is 11.6. The summed E-state index contributed by atoms with van der Waals surface area (Å²) in [7, 11) is 0. The Labute approximate surface area is 96.0 Å². The van der Waals surface area contributed by atoms with Crippen LogP contribution in [0.3, 0.4) is 0 Å². The van der Waals surface area contributed by atoms with Crippen LogP contribution in [0.15, 0.2) is 29.3 Å². The number of nitrogens with one attached hydrogen (secondary N) is 1. The first-order valence-corrected chi connectivity index (χ1v) is 5.42. The SMILES string of the molecule is C=C(CNC(C)C)Cn1cnc(C)cc1=O. The highest BCUT2D eigenvalue weighted by molar-refractivity contribution is 5.01. The van der Waals surface area contributed by atoms with Gasteiger partial charge < -0.3 is 5.32 Å². The minimum absolute atomic E-state index is 0.0294. The summed E-state index contributed by atoms with van der Waals surface area (Å²) >= 11 is 0. The number of aryl methyl sites for hydroxylation is 1. The zero-order chi connectivity index (χ0) is 12.1. The van der Waals surface area contributed by atoms with Gasteiger partial charge in [-0.2, -0.15) is 0 Å². The van der Waals surface area contributed by atoms with Crippen molar-refractivity contribution in [1.82, 2.24) is 14.9 Å². The highest BCUT2D eigenvalue weighted by Gasteiger charge is 2.00. The van der Waals surface area contributed by atoms with Crippen LogP contribution in [0.1, 0.15) is 19.5 Å². The molecule has 0 aromatic carbocycles. The first-order chi connectivity index (χ1) is 7.49. The molecule has 0 amide bonds. The molecule has 0 radical (unpaired) electrons. The molecule has 1 aromatic heterocycles. The van der Waals surface area contributed by atoms with E-state index in [0.717, 1.165) is 17.8 Å². The molecule has 0 aliphatic heterocycles. The van der Waals surface area contributed by atoms with Crippen molar-refractivity contribution in [3.8, 4) is 0 Å². The van der Waals surface area contributed by atoms with Crippen LogP contribution < -0.4 is 10.9 Å². The molecular formula is C12H19N3O. The Morgan fingerprint density at radius 1 is 1.62 bits per heavy atom. The summed E-state index contributed by atoms with van der Waals surface area (Å²) in [5, 5.41) is 3.26. The predicted molar refractivity (Wildman–Crippen MR) is 65.5 cm³/mol.